The molecule has 3 heterocycles. The van der Waals surface area contributed by atoms with E-state index < -0.39 is 0 Å². The average Bonchev–Trinajstić information content (AvgIpc) is 3.09. The summed E-state index contributed by atoms with van der Waals surface area (Å²) in [4.78, 5) is 20.4. The van der Waals surface area contributed by atoms with E-state index >= 15 is 0 Å². The van der Waals surface area contributed by atoms with Gasteiger partial charge in [-0.25, -0.2) is 4.98 Å². The highest BCUT2D eigenvalue weighted by Crippen LogP contribution is 2.24. The molecular formula is C14H13N5OS. The first-order valence-electron chi connectivity index (χ1n) is 6.35. The Balaban J connectivity index is 1.66. The van der Waals surface area contributed by atoms with E-state index in [1.54, 1.807) is 17.1 Å². The Kier molecular flexibility index (Phi) is 3.74. The highest BCUT2D eigenvalue weighted by molar-refractivity contribution is 7.14. The lowest BCUT2D eigenvalue weighted by Gasteiger charge is -2.00. The van der Waals surface area contributed by atoms with Crippen molar-refractivity contribution < 1.29 is 4.79 Å². The Labute approximate surface area is 125 Å². The smallest absolute Gasteiger partial charge is 0.232 e. The fraction of sp³-hybridized carbons (Fsp3) is 0.143. The van der Waals surface area contributed by atoms with Gasteiger partial charge in [0.15, 0.2) is 5.13 Å². The Morgan fingerprint density at radius 1 is 1.43 bits per heavy atom. The first-order valence-corrected chi connectivity index (χ1v) is 7.23. The number of hydrogen-bond acceptors (Lipinski definition) is 5. The molecule has 0 saturated carbocycles. The Morgan fingerprint density at radius 3 is 3.05 bits per heavy atom. The number of aryl methyl sites for hydroxylation is 1. The fourth-order valence-corrected chi connectivity index (χ4v) is 2.58. The van der Waals surface area contributed by atoms with Gasteiger partial charge in [0, 0.05) is 36.1 Å². The standard InChI is InChI=1S/C14H13N5OS/c1-19-8-10(7-16-19)12-9-21-14(17-12)18-13(20)6-11-4-2-3-5-15-11/h2-5,7-9H,6H2,1H3,(H,17,18,20). The quantitative estimate of drug-likeness (QED) is 0.801. The van der Waals surface area contributed by atoms with E-state index in [1.165, 1.54) is 11.3 Å². The van der Waals surface area contributed by atoms with Crippen LogP contribution in [0.25, 0.3) is 11.3 Å². The predicted molar refractivity (Wildman–Crippen MR) is 80.9 cm³/mol. The van der Waals surface area contributed by atoms with Gasteiger partial charge in [0.25, 0.3) is 0 Å². The second-order valence-electron chi connectivity index (χ2n) is 4.49. The van der Waals surface area contributed by atoms with Crippen LogP contribution in [0.4, 0.5) is 5.13 Å². The molecule has 1 N–H and O–H groups in total. The second kappa shape index (κ2) is 5.84. The van der Waals surface area contributed by atoms with Crippen molar-refractivity contribution in [2.45, 2.75) is 6.42 Å². The van der Waals surface area contributed by atoms with Crippen LogP contribution in [0.3, 0.4) is 0 Å². The lowest BCUT2D eigenvalue weighted by Crippen LogP contribution is -2.14. The number of aromatic nitrogens is 4. The van der Waals surface area contributed by atoms with E-state index in [0.29, 0.717) is 5.13 Å². The van der Waals surface area contributed by atoms with Crippen molar-refractivity contribution in [1.82, 2.24) is 19.7 Å². The lowest BCUT2D eigenvalue weighted by atomic mass is 10.2. The monoisotopic (exact) mass is 299 g/mol. The molecule has 0 saturated heterocycles. The highest BCUT2D eigenvalue weighted by atomic mass is 32.1. The van der Waals surface area contributed by atoms with Gasteiger partial charge in [0.05, 0.1) is 18.3 Å². The molecule has 21 heavy (non-hydrogen) atoms. The predicted octanol–water partition coefficient (Wildman–Crippen LogP) is 2.12. The van der Waals surface area contributed by atoms with Gasteiger partial charge >= 0.3 is 0 Å². The number of rotatable bonds is 4. The number of anilines is 1. The molecule has 6 nitrogen and oxygen atoms in total. The third-order valence-electron chi connectivity index (χ3n) is 2.82. The van der Waals surface area contributed by atoms with Crippen molar-refractivity contribution in [3.05, 3.63) is 47.9 Å². The van der Waals surface area contributed by atoms with E-state index in [-0.39, 0.29) is 12.3 Å². The first-order chi connectivity index (χ1) is 10.2. The van der Waals surface area contributed by atoms with Crippen LogP contribution in [0.15, 0.2) is 42.2 Å². The third kappa shape index (κ3) is 3.32. The molecule has 0 unspecified atom stereocenters. The Hall–Kier alpha value is -2.54. The van der Waals surface area contributed by atoms with Crippen LogP contribution in [0.5, 0.6) is 0 Å². The molecule has 0 aliphatic heterocycles. The summed E-state index contributed by atoms with van der Waals surface area (Å²) in [6.45, 7) is 0. The van der Waals surface area contributed by atoms with Crippen LogP contribution < -0.4 is 5.32 Å². The summed E-state index contributed by atoms with van der Waals surface area (Å²) in [6, 6.07) is 5.50. The molecule has 0 atom stereocenters. The number of nitrogens with zero attached hydrogens (tertiary/aromatic N) is 4. The zero-order valence-electron chi connectivity index (χ0n) is 11.4. The van der Waals surface area contributed by atoms with Crippen molar-refractivity contribution >= 4 is 22.4 Å². The molecule has 0 aromatic carbocycles. The minimum absolute atomic E-state index is 0.124. The molecule has 0 bridgehead atoms. The number of thiazole rings is 1. The third-order valence-corrected chi connectivity index (χ3v) is 3.58. The van der Waals surface area contributed by atoms with Crippen molar-refractivity contribution in [2.24, 2.45) is 7.05 Å². The van der Waals surface area contributed by atoms with Gasteiger partial charge in [-0.2, -0.15) is 5.10 Å². The molecule has 0 aliphatic carbocycles. The maximum absolute atomic E-state index is 11.9. The van der Waals surface area contributed by atoms with Crippen molar-refractivity contribution in [1.29, 1.82) is 0 Å². The second-order valence-corrected chi connectivity index (χ2v) is 5.34. The molecule has 7 heteroatoms. The van der Waals surface area contributed by atoms with Crippen LogP contribution in [0.2, 0.25) is 0 Å². The molecule has 0 spiro atoms. The highest BCUT2D eigenvalue weighted by Gasteiger charge is 2.10. The number of carbonyl (C=O) groups excluding carboxylic acids is 1. The Bertz CT molecular complexity index is 750. The topological polar surface area (TPSA) is 72.7 Å². The van der Waals surface area contributed by atoms with Gasteiger partial charge in [-0.15, -0.1) is 11.3 Å². The summed E-state index contributed by atoms with van der Waals surface area (Å²) >= 11 is 1.39. The van der Waals surface area contributed by atoms with Gasteiger partial charge in [0.1, 0.15) is 0 Å². The number of carbonyl (C=O) groups is 1. The number of nitrogens with one attached hydrogen (secondary N) is 1. The summed E-state index contributed by atoms with van der Waals surface area (Å²) < 4.78 is 1.72. The van der Waals surface area contributed by atoms with Gasteiger partial charge in [0.2, 0.25) is 5.91 Å². The molecule has 1 amide bonds. The maximum atomic E-state index is 11.9. The van der Waals surface area contributed by atoms with Gasteiger partial charge in [-0.3, -0.25) is 14.5 Å². The van der Waals surface area contributed by atoms with Gasteiger partial charge < -0.3 is 5.32 Å². The van der Waals surface area contributed by atoms with E-state index in [2.05, 4.69) is 20.4 Å². The molecule has 0 fully saturated rings. The van der Waals surface area contributed by atoms with E-state index in [4.69, 9.17) is 0 Å². The zero-order chi connectivity index (χ0) is 14.7. The summed E-state index contributed by atoms with van der Waals surface area (Å²) in [5.41, 5.74) is 2.47. The molecule has 3 aromatic heterocycles. The SMILES string of the molecule is Cn1cc(-c2csc(NC(=O)Cc3ccccn3)n2)cn1. The molecule has 106 valence electrons. The molecular weight excluding hydrogens is 286 g/mol. The Morgan fingerprint density at radius 2 is 2.33 bits per heavy atom. The number of pyridine rings is 1. The van der Waals surface area contributed by atoms with Crippen LogP contribution in [-0.4, -0.2) is 25.7 Å². The molecule has 0 aliphatic rings. The van der Waals surface area contributed by atoms with Crippen LogP contribution in [0.1, 0.15) is 5.69 Å². The summed E-state index contributed by atoms with van der Waals surface area (Å²) in [5.74, 6) is -0.124. The van der Waals surface area contributed by atoms with E-state index in [1.807, 2.05) is 36.8 Å². The summed E-state index contributed by atoms with van der Waals surface area (Å²) in [7, 11) is 1.85. The fourth-order valence-electron chi connectivity index (χ4n) is 1.85. The maximum Gasteiger partial charge on any atom is 0.232 e. The largest absolute Gasteiger partial charge is 0.302 e. The minimum Gasteiger partial charge on any atom is -0.302 e. The average molecular weight is 299 g/mol. The zero-order valence-corrected chi connectivity index (χ0v) is 12.2. The normalized spacial score (nSPS) is 10.5. The van der Waals surface area contributed by atoms with Gasteiger partial charge in [-0.1, -0.05) is 6.07 Å². The first kappa shape index (κ1) is 13.4. The minimum atomic E-state index is -0.124. The van der Waals surface area contributed by atoms with Crippen LogP contribution in [0, 0.1) is 0 Å². The van der Waals surface area contributed by atoms with E-state index in [0.717, 1.165) is 17.0 Å². The van der Waals surface area contributed by atoms with E-state index in [9.17, 15) is 4.79 Å². The molecule has 3 rings (SSSR count). The van der Waals surface area contributed by atoms with Gasteiger partial charge in [-0.05, 0) is 12.1 Å². The molecule has 0 radical (unpaired) electrons. The lowest BCUT2D eigenvalue weighted by molar-refractivity contribution is -0.115. The van der Waals surface area contributed by atoms with Crippen molar-refractivity contribution in [2.75, 3.05) is 5.32 Å². The van der Waals surface area contributed by atoms with Crippen LogP contribution in [-0.2, 0) is 18.3 Å². The molecule has 3 aromatic rings. The number of amides is 1. The summed E-state index contributed by atoms with van der Waals surface area (Å²) in [6.07, 6.45) is 5.54. The summed E-state index contributed by atoms with van der Waals surface area (Å²) in [5, 5.41) is 9.37. The van der Waals surface area contributed by atoms with Crippen LogP contribution >= 0.6 is 11.3 Å². The van der Waals surface area contributed by atoms with Crippen molar-refractivity contribution in [3.63, 3.8) is 0 Å². The number of hydrogen-bond donors (Lipinski definition) is 1. The van der Waals surface area contributed by atoms with Crippen molar-refractivity contribution in [3.8, 4) is 11.3 Å².